The third-order valence-electron chi connectivity index (χ3n) is 1.04. The van der Waals surface area contributed by atoms with Crippen LogP contribution in [0.25, 0.3) is 0 Å². The number of rotatable bonds is 2. The molecule has 0 unspecified atom stereocenters. The third kappa shape index (κ3) is 2.17. The van der Waals surface area contributed by atoms with Gasteiger partial charge in [-0.3, -0.25) is 0 Å². The van der Waals surface area contributed by atoms with E-state index in [1.165, 1.54) is 3.57 Å². The van der Waals surface area contributed by atoms with E-state index in [-0.39, 0.29) is 0 Å². The Hall–Kier alpha value is -0.250. The first-order valence-electron chi connectivity index (χ1n) is 3.13. The molecule has 0 fully saturated rings. The number of hydrogen-bond donors (Lipinski definition) is 0. The van der Waals surface area contributed by atoms with Crippen LogP contribution >= 0.6 is 22.6 Å². The maximum Gasteiger partial charge on any atom is 0.128 e. The van der Waals surface area contributed by atoms with E-state index in [0.717, 1.165) is 5.75 Å². The van der Waals surface area contributed by atoms with Crippen LogP contribution in [0.4, 0.5) is 0 Å². The lowest BCUT2D eigenvalue weighted by molar-refractivity contribution is 0.339. The van der Waals surface area contributed by atoms with Crippen LogP contribution in [0.1, 0.15) is 6.92 Å². The van der Waals surface area contributed by atoms with Gasteiger partial charge in [-0.25, -0.2) is 0 Å². The zero-order valence-electron chi connectivity index (χ0n) is 5.73. The molecule has 1 aromatic carbocycles. The molecule has 0 aromatic heterocycles. The first-order chi connectivity index (χ1) is 4.83. The lowest BCUT2D eigenvalue weighted by Crippen LogP contribution is -1.90. The summed E-state index contributed by atoms with van der Waals surface area (Å²) in [5.74, 6) is 0.828. The molecule has 0 aliphatic heterocycles. The minimum atomic E-state index is 0.705. The summed E-state index contributed by atoms with van der Waals surface area (Å²) in [6, 6.07) is 8.80. The maximum absolute atomic E-state index is 5.23. The molecular formula is C8H8IO. The van der Waals surface area contributed by atoms with Crippen LogP contribution in [-0.2, 0) is 0 Å². The Kier molecular flexibility index (Phi) is 2.99. The van der Waals surface area contributed by atoms with Crippen molar-refractivity contribution in [3.63, 3.8) is 0 Å². The Balaban J connectivity index is 2.75. The van der Waals surface area contributed by atoms with Gasteiger partial charge in [0, 0.05) is 9.64 Å². The topological polar surface area (TPSA) is 9.23 Å². The predicted octanol–water partition coefficient (Wildman–Crippen LogP) is 2.49. The highest BCUT2D eigenvalue weighted by Gasteiger charge is 1.90. The molecule has 0 saturated heterocycles. The van der Waals surface area contributed by atoms with Gasteiger partial charge >= 0.3 is 0 Å². The standard InChI is InChI=1S/C8H8IO/c1-2-10-8-5-3-4-7(9)6-8/h3-4,6H,2H2,1H3. The third-order valence-corrected chi connectivity index (χ3v) is 1.71. The van der Waals surface area contributed by atoms with E-state index in [2.05, 4.69) is 28.7 Å². The van der Waals surface area contributed by atoms with Gasteiger partial charge in [-0.15, -0.1) is 0 Å². The highest BCUT2D eigenvalue weighted by atomic mass is 127. The first kappa shape index (κ1) is 7.85. The van der Waals surface area contributed by atoms with E-state index in [1.54, 1.807) is 0 Å². The minimum absolute atomic E-state index is 0.705. The highest BCUT2D eigenvalue weighted by Crippen LogP contribution is 2.13. The van der Waals surface area contributed by atoms with Crippen LogP contribution in [0.2, 0.25) is 0 Å². The van der Waals surface area contributed by atoms with Crippen LogP contribution in [0.15, 0.2) is 18.2 Å². The molecule has 0 saturated carbocycles. The number of halogens is 1. The average molecular weight is 247 g/mol. The second-order valence-electron chi connectivity index (χ2n) is 1.80. The summed E-state index contributed by atoms with van der Waals surface area (Å²) < 4.78 is 6.41. The fourth-order valence-electron chi connectivity index (χ4n) is 0.657. The van der Waals surface area contributed by atoms with Gasteiger partial charge in [-0.05, 0) is 47.7 Å². The highest BCUT2D eigenvalue weighted by molar-refractivity contribution is 14.1. The molecule has 2 heteroatoms. The van der Waals surface area contributed by atoms with Crippen molar-refractivity contribution in [1.82, 2.24) is 0 Å². The van der Waals surface area contributed by atoms with Crippen molar-refractivity contribution in [2.75, 3.05) is 6.61 Å². The molecule has 0 amide bonds. The second kappa shape index (κ2) is 3.81. The minimum Gasteiger partial charge on any atom is -0.493 e. The SMILES string of the molecule is CCOc1[c]ccc(I)c1. The van der Waals surface area contributed by atoms with Crippen molar-refractivity contribution in [2.45, 2.75) is 6.92 Å². The Bertz CT molecular complexity index is 210. The van der Waals surface area contributed by atoms with Gasteiger partial charge in [0.2, 0.25) is 0 Å². The molecule has 0 N–H and O–H groups in total. The number of benzene rings is 1. The summed E-state index contributed by atoms with van der Waals surface area (Å²) in [6.07, 6.45) is 0. The Morgan fingerprint density at radius 3 is 3.10 bits per heavy atom. The van der Waals surface area contributed by atoms with Crippen LogP contribution in [0, 0.1) is 9.64 Å². The fourth-order valence-corrected chi connectivity index (χ4v) is 1.12. The number of ether oxygens (including phenoxy) is 1. The molecule has 0 atom stereocenters. The zero-order chi connectivity index (χ0) is 7.40. The summed E-state index contributed by atoms with van der Waals surface area (Å²) in [4.78, 5) is 0. The van der Waals surface area contributed by atoms with E-state index in [4.69, 9.17) is 4.74 Å². The van der Waals surface area contributed by atoms with E-state index in [9.17, 15) is 0 Å². The van der Waals surface area contributed by atoms with Gasteiger partial charge in [0.15, 0.2) is 0 Å². The van der Waals surface area contributed by atoms with Crippen LogP contribution in [0.3, 0.4) is 0 Å². The molecule has 0 spiro atoms. The Labute approximate surface area is 74.5 Å². The summed E-state index contributed by atoms with van der Waals surface area (Å²) in [7, 11) is 0. The Morgan fingerprint density at radius 1 is 1.70 bits per heavy atom. The summed E-state index contributed by atoms with van der Waals surface area (Å²) in [5.41, 5.74) is 0. The van der Waals surface area contributed by atoms with Crippen LogP contribution in [-0.4, -0.2) is 6.61 Å². The van der Waals surface area contributed by atoms with Gasteiger partial charge in [0.1, 0.15) is 5.75 Å². The molecule has 10 heavy (non-hydrogen) atoms. The summed E-state index contributed by atoms with van der Waals surface area (Å²) >= 11 is 2.25. The summed E-state index contributed by atoms with van der Waals surface area (Å²) in [5, 5.41) is 0. The quantitative estimate of drug-likeness (QED) is 0.729. The molecule has 0 aliphatic rings. The van der Waals surface area contributed by atoms with Gasteiger partial charge < -0.3 is 4.74 Å². The van der Waals surface area contributed by atoms with Crippen molar-refractivity contribution < 1.29 is 4.74 Å². The largest absolute Gasteiger partial charge is 0.493 e. The lowest BCUT2D eigenvalue weighted by atomic mass is 10.3. The van der Waals surface area contributed by atoms with E-state index < -0.39 is 0 Å². The van der Waals surface area contributed by atoms with Crippen molar-refractivity contribution >= 4 is 22.6 Å². The van der Waals surface area contributed by atoms with Gasteiger partial charge in [-0.1, -0.05) is 0 Å². The molecule has 1 aromatic rings. The van der Waals surface area contributed by atoms with Gasteiger partial charge in [0.25, 0.3) is 0 Å². The van der Waals surface area contributed by atoms with Gasteiger partial charge in [-0.2, -0.15) is 0 Å². The molecule has 0 heterocycles. The fraction of sp³-hybridized carbons (Fsp3) is 0.250. The van der Waals surface area contributed by atoms with Crippen molar-refractivity contribution in [3.8, 4) is 5.75 Å². The Morgan fingerprint density at radius 2 is 2.50 bits per heavy atom. The lowest BCUT2D eigenvalue weighted by Gasteiger charge is -2.00. The molecule has 1 radical (unpaired) electrons. The smallest absolute Gasteiger partial charge is 0.128 e. The zero-order valence-corrected chi connectivity index (χ0v) is 7.88. The molecule has 0 bridgehead atoms. The van der Waals surface area contributed by atoms with Crippen molar-refractivity contribution in [1.29, 1.82) is 0 Å². The van der Waals surface area contributed by atoms with Crippen LogP contribution < -0.4 is 4.74 Å². The predicted molar refractivity (Wildman–Crippen MR) is 49.2 cm³/mol. The van der Waals surface area contributed by atoms with Gasteiger partial charge in [0.05, 0.1) is 6.61 Å². The second-order valence-corrected chi connectivity index (χ2v) is 3.05. The molecule has 0 aliphatic carbocycles. The maximum atomic E-state index is 5.23. The van der Waals surface area contributed by atoms with Crippen molar-refractivity contribution in [3.05, 3.63) is 27.8 Å². The molecule has 1 rings (SSSR count). The molecule has 1 nitrogen and oxygen atoms in total. The van der Waals surface area contributed by atoms with E-state index in [1.807, 2.05) is 25.1 Å². The monoisotopic (exact) mass is 247 g/mol. The summed E-state index contributed by atoms with van der Waals surface area (Å²) in [6.45, 7) is 2.67. The van der Waals surface area contributed by atoms with E-state index in [0.29, 0.717) is 6.61 Å². The average Bonchev–Trinajstić information content (AvgIpc) is 1.88. The normalized spacial score (nSPS) is 9.40. The first-order valence-corrected chi connectivity index (χ1v) is 4.21. The van der Waals surface area contributed by atoms with E-state index >= 15 is 0 Å². The van der Waals surface area contributed by atoms with Crippen molar-refractivity contribution in [2.24, 2.45) is 0 Å². The van der Waals surface area contributed by atoms with Crippen LogP contribution in [0.5, 0.6) is 5.75 Å². The molecule has 53 valence electrons. The molecular weight excluding hydrogens is 239 g/mol. The number of hydrogen-bond acceptors (Lipinski definition) is 1.